The Kier molecular flexibility index (Phi) is 2.74. The topological polar surface area (TPSA) is 24.1 Å². The van der Waals surface area contributed by atoms with Crippen LogP contribution in [0.4, 0.5) is 20.2 Å². The molecule has 1 heterocycles. The van der Waals surface area contributed by atoms with Crippen LogP contribution in [-0.2, 0) is 0 Å². The molecule has 1 aromatic rings. The molecule has 0 saturated carbocycles. The summed E-state index contributed by atoms with van der Waals surface area (Å²) in [5.74, 6) is -1.09. The third-order valence-electron chi connectivity index (χ3n) is 3.31. The van der Waals surface area contributed by atoms with Gasteiger partial charge in [0.05, 0.1) is 11.4 Å². The van der Waals surface area contributed by atoms with Crippen LogP contribution >= 0.6 is 0 Å². The number of nitrogens with one attached hydrogen (secondary N) is 2. The Morgan fingerprint density at radius 2 is 1.94 bits per heavy atom. The Balaban J connectivity index is 2.34. The molecule has 0 spiro atoms. The quantitative estimate of drug-likeness (QED) is 0.768. The van der Waals surface area contributed by atoms with E-state index in [4.69, 9.17) is 0 Å². The first-order chi connectivity index (χ1) is 7.54. The van der Waals surface area contributed by atoms with Gasteiger partial charge in [0.2, 0.25) is 0 Å². The van der Waals surface area contributed by atoms with Gasteiger partial charge in [0, 0.05) is 24.6 Å². The van der Waals surface area contributed by atoms with Gasteiger partial charge in [0.25, 0.3) is 0 Å². The summed E-state index contributed by atoms with van der Waals surface area (Å²) in [6, 6.07) is 2.23. The molecule has 0 amide bonds. The van der Waals surface area contributed by atoms with Gasteiger partial charge in [-0.15, -0.1) is 0 Å². The summed E-state index contributed by atoms with van der Waals surface area (Å²) >= 11 is 0. The largest absolute Gasteiger partial charge is 0.383 e. The minimum absolute atomic E-state index is 0.0575. The summed E-state index contributed by atoms with van der Waals surface area (Å²) in [6.45, 7) is 5.61. The van der Waals surface area contributed by atoms with E-state index in [1.54, 1.807) is 0 Å². The average molecular weight is 226 g/mol. The average Bonchev–Trinajstić information content (AvgIpc) is 2.40. The molecule has 0 aromatic heterocycles. The number of hydrogen-bond acceptors (Lipinski definition) is 2. The van der Waals surface area contributed by atoms with Gasteiger partial charge in [0.15, 0.2) is 5.82 Å². The van der Waals surface area contributed by atoms with E-state index in [1.165, 1.54) is 6.07 Å². The number of anilines is 2. The minimum Gasteiger partial charge on any atom is -0.383 e. The number of hydrogen-bond donors (Lipinski definition) is 2. The zero-order valence-electron chi connectivity index (χ0n) is 9.53. The van der Waals surface area contributed by atoms with E-state index in [9.17, 15) is 8.78 Å². The molecule has 4 heteroatoms. The predicted molar refractivity (Wildman–Crippen MR) is 61.7 cm³/mol. The summed E-state index contributed by atoms with van der Waals surface area (Å²) < 4.78 is 26.6. The number of fused-ring (bicyclic) bond motifs is 1. The summed E-state index contributed by atoms with van der Waals surface area (Å²) in [7, 11) is 0. The molecular formula is C12H16F2N2. The normalized spacial score (nSPS) is 24.0. The Morgan fingerprint density at radius 1 is 1.25 bits per heavy atom. The summed E-state index contributed by atoms with van der Waals surface area (Å²) in [5.41, 5.74) is 0.940. The molecule has 0 fully saturated rings. The highest BCUT2D eigenvalue weighted by Crippen LogP contribution is 2.33. The zero-order chi connectivity index (χ0) is 11.8. The van der Waals surface area contributed by atoms with Crippen molar-refractivity contribution >= 4 is 11.4 Å². The number of rotatable bonds is 1. The number of halogens is 2. The molecular weight excluding hydrogens is 210 g/mol. The highest BCUT2D eigenvalue weighted by molar-refractivity contribution is 5.70. The highest BCUT2D eigenvalue weighted by atomic mass is 19.1. The molecule has 88 valence electrons. The molecule has 1 aromatic carbocycles. The second-order valence-corrected chi connectivity index (χ2v) is 4.68. The van der Waals surface area contributed by atoms with Crippen molar-refractivity contribution in [3.05, 3.63) is 23.8 Å². The van der Waals surface area contributed by atoms with Crippen LogP contribution in [0.25, 0.3) is 0 Å². The maximum atomic E-state index is 13.5. The van der Waals surface area contributed by atoms with Crippen molar-refractivity contribution in [2.45, 2.75) is 20.3 Å². The molecule has 2 N–H and O–H groups in total. The van der Waals surface area contributed by atoms with E-state index in [-0.39, 0.29) is 5.41 Å². The van der Waals surface area contributed by atoms with Crippen LogP contribution in [0.2, 0.25) is 0 Å². The van der Waals surface area contributed by atoms with E-state index >= 15 is 0 Å². The van der Waals surface area contributed by atoms with Crippen molar-refractivity contribution in [2.24, 2.45) is 5.41 Å². The SMILES string of the molecule is CCC1(C)CNc2cc(F)cc(F)c2NC1. The first kappa shape index (κ1) is 11.2. The molecule has 0 saturated heterocycles. The van der Waals surface area contributed by atoms with Crippen LogP contribution in [0, 0.1) is 17.0 Å². The second kappa shape index (κ2) is 3.92. The van der Waals surface area contributed by atoms with E-state index in [0.29, 0.717) is 24.5 Å². The van der Waals surface area contributed by atoms with Gasteiger partial charge >= 0.3 is 0 Å². The van der Waals surface area contributed by atoms with Gasteiger partial charge in [-0.3, -0.25) is 0 Å². The van der Waals surface area contributed by atoms with Crippen molar-refractivity contribution in [1.82, 2.24) is 0 Å². The fourth-order valence-corrected chi connectivity index (χ4v) is 1.82. The van der Waals surface area contributed by atoms with Crippen LogP contribution in [0.1, 0.15) is 20.3 Å². The lowest BCUT2D eigenvalue weighted by molar-refractivity contribution is 0.360. The van der Waals surface area contributed by atoms with E-state index in [2.05, 4.69) is 24.5 Å². The van der Waals surface area contributed by atoms with Crippen LogP contribution < -0.4 is 10.6 Å². The number of benzene rings is 1. The second-order valence-electron chi connectivity index (χ2n) is 4.68. The smallest absolute Gasteiger partial charge is 0.151 e. The lowest BCUT2D eigenvalue weighted by Crippen LogP contribution is -2.30. The summed E-state index contributed by atoms with van der Waals surface area (Å²) in [6.07, 6.45) is 0.977. The van der Waals surface area contributed by atoms with Crippen LogP contribution in [0.15, 0.2) is 12.1 Å². The molecule has 1 unspecified atom stereocenters. The predicted octanol–water partition coefficient (Wildman–Crippen LogP) is 3.22. The first-order valence-electron chi connectivity index (χ1n) is 5.51. The Hall–Kier alpha value is -1.32. The van der Waals surface area contributed by atoms with Crippen LogP contribution in [-0.4, -0.2) is 13.1 Å². The fourth-order valence-electron chi connectivity index (χ4n) is 1.82. The van der Waals surface area contributed by atoms with Crippen molar-refractivity contribution in [1.29, 1.82) is 0 Å². The van der Waals surface area contributed by atoms with Gasteiger partial charge in [-0.2, -0.15) is 0 Å². The lowest BCUT2D eigenvalue weighted by Gasteiger charge is -2.26. The molecule has 0 radical (unpaired) electrons. The van der Waals surface area contributed by atoms with Gasteiger partial charge in [-0.05, 0) is 12.5 Å². The minimum atomic E-state index is -0.550. The maximum Gasteiger partial charge on any atom is 0.151 e. The first-order valence-corrected chi connectivity index (χ1v) is 5.51. The summed E-state index contributed by atoms with van der Waals surface area (Å²) in [5, 5.41) is 6.16. The third kappa shape index (κ3) is 1.96. The van der Waals surface area contributed by atoms with Gasteiger partial charge in [-0.1, -0.05) is 13.8 Å². The van der Waals surface area contributed by atoms with Gasteiger partial charge in [-0.25, -0.2) is 8.78 Å². The highest BCUT2D eigenvalue weighted by Gasteiger charge is 2.26. The molecule has 0 bridgehead atoms. The van der Waals surface area contributed by atoms with Gasteiger partial charge < -0.3 is 10.6 Å². The lowest BCUT2D eigenvalue weighted by atomic mass is 9.88. The van der Waals surface area contributed by atoms with Crippen molar-refractivity contribution in [3.63, 3.8) is 0 Å². The molecule has 1 aliphatic rings. The standard InChI is InChI=1S/C12H16F2N2/c1-3-12(2)6-15-10-5-8(13)4-9(14)11(10)16-7-12/h4-5,15-16H,3,6-7H2,1-2H3. The van der Waals surface area contributed by atoms with Crippen molar-refractivity contribution < 1.29 is 8.78 Å². The third-order valence-corrected chi connectivity index (χ3v) is 3.31. The molecule has 2 nitrogen and oxygen atoms in total. The molecule has 1 atom stereocenters. The Labute approximate surface area is 94.0 Å². The molecule has 0 aliphatic carbocycles. The zero-order valence-corrected chi connectivity index (χ0v) is 9.53. The molecule has 16 heavy (non-hydrogen) atoms. The fraction of sp³-hybridized carbons (Fsp3) is 0.500. The Bertz CT molecular complexity index is 406. The van der Waals surface area contributed by atoms with E-state index in [1.807, 2.05) is 0 Å². The van der Waals surface area contributed by atoms with Crippen LogP contribution in [0.3, 0.4) is 0 Å². The monoisotopic (exact) mass is 226 g/mol. The Morgan fingerprint density at radius 3 is 2.62 bits per heavy atom. The van der Waals surface area contributed by atoms with Gasteiger partial charge in [0.1, 0.15) is 5.82 Å². The van der Waals surface area contributed by atoms with E-state index in [0.717, 1.165) is 12.5 Å². The maximum absolute atomic E-state index is 13.5. The molecule has 2 rings (SSSR count). The summed E-state index contributed by atoms with van der Waals surface area (Å²) in [4.78, 5) is 0. The van der Waals surface area contributed by atoms with E-state index < -0.39 is 11.6 Å². The molecule has 1 aliphatic heterocycles. The van der Waals surface area contributed by atoms with Crippen molar-refractivity contribution in [3.8, 4) is 0 Å². The van der Waals surface area contributed by atoms with Crippen LogP contribution in [0.5, 0.6) is 0 Å². The van der Waals surface area contributed by atoms with Crippen molar-refractivity contribution in [2.75, 3.05) is 23.7 Å².